The minimum atomic E-state index is -0.740. The number of carbonyl (C=O) groups excluding carboxylic acids is 1. The van der Waals surface area contributed by atoms with Gasteiger partial charge in [0.2, 0.25) is 0 Å². The average Bonchev–Trinajstić information content (AvgIpc) is 2.33. The molecule has 0 bridgehead atoms. The molecule has 1 aliphatic heterocycles. The summed E-state index contributed by atoms with van der Waals surface area (Å²) in [4.78, 5) is 13.4. The maximum absolute atomic E-state index is 11.8. The summed E-state index contributed by atoms with van der Waals surface area (Å²) in [6.45, 7) is 4.65. The number of likely N-dealkylation sites (tertiary alicyclic amines) is 1. The fraction of sp³-hybridized carbons (Fsp3) is 0.500. The average molecular weight is 284 g/mol. The third-order valence-electron chi connectivity index (χ3n) is 3.53. The zero-order valence-corrected chi connectivity index (χ0v) is 11.9. The summed E-state index contributed by atoms with van der Waals surface area (Å²) >= 11 is 5.76. The van der Waals surface area contributed by atoms with Crippen LogP contribution in [0.25, 0.3) is 0 Å². The van der Waals surface area contributed by atoms with Crippen LogP contribution in [0.3, 0.4) is 0 Å². The van der Waals surface area contributed by atoms with E-state index in [4.69, 9.17) is 16.3 Å². The van der Waals surface area contributed by atoms with Crippen molar-refractivity contribution in [3.63, 3.8) is 0 Å². The lowest BCUT2D eigenvalue weighted by atomic mass is 9.83. The van der Waals surface area contributed by atoms with E-state index in [0.717, 1.165) is 0 Å². The Morgan fingerprint density at radius 3 is 2.53 bits per heavy atom. The molecule has 1 amide bonds. The maximum Gasteiger partial charge on any atom is 0.260 e. The number of ether oxygens (including phenoxy) is 1. The van der Waals surface area contributed by atoms with Crippen molar-refractivity contribution in [3.8, 4) is 5.75 Å². The maximum atomic E-state index is 11.8. The molecule has 0 spiro atoms. The number of hydrogen-bond donors (Lipinski definition) is 1. The van der Waals surface area contributed by atoms with Crippen LogP contribution >= 0.6 is 11.6 Å². The summed E-state index contributed by atoms with van der Waals surface area (Å²) in [6.07, 6.45) is 0. The first-order valence-corrected chi connectivity index (χ1v) is 6.67. The van der Waals surface area contributed by atoms with Gasteiger partial charge in [-0.15, -0.1) is 0 Å². The van der Waals surface area contributed by atoms with Gasteiger partial charge in [-0.3, -0.25) is 4.79 Å². The highest BCUT2D eigenvalue weighted by atomic mass is 35.5. The van der Waals surface area contributed by atoms with Gasteiger partial charge in [0.1, 0.15) is 11.4 Å². The largest absolute Gasteiger partial charge is 0.484 e. The van der Waals surface area contributed by atoms with Crippen LogP contribution in [-0.4, -0.2) is 41.2 Å². The second-order valence-electron chi connectivity index (χ2n) is 5.25. The summed E-state index contributed by atoms with van der Waals surface area (Å²) in [6, 6.07) is 6.86. The smallest absolute Gasteiger partial charge is 0.260 e. The van der Waals surface area contributed by atoms with Crippen molar-refractivity contribution in [2.75, 3.05) is 19.7 Å². The monoisotopic (exact) mass is 283 g/mol. The molecule has 1 saturated heterocycles. The number of benzene rings is 1. The molecule has 1 aromatic carbocycles. The van der Waals surface area contributed by atoms with E-state index < -0.39 is 5.60 Å². The highest BCUT2D eigenvalue weighted by molar-refractivity contribution is 6.30. The van der Waals surface area contributed by atoms with Crippen LogP contribution in [0.4, 0.5) is 0 Å². The number of hydrogen-bond acceptors (Lipinski definition) is 3. The van der Waals surface area contributed by atoms with E-state index in [1.807, 2.05) is 13.8 Å². The van der Waals surface area contributed by atoms with E-state index in [-0.39, 0.29) is 18.4 Å². The van der Waals surface area contributed by atoms with Crippen LogP contribution in [0.2, 0.25) is 5.02 Å². The van der Waals surface area contributed by atoms with Gasteiger partial charge in [-0.2, -0.15) is 0 Å². The van der Waals surface area contributed by atoms with E-state index in [9.17, 15) is 9.90 Å². The minimum Gasteiger partial charge on any atom is -0.484 e. The third kappa shape index (κ3) is 3.19. The molecule has 1 aromatic rings. The fourth-order valence-electron chi connectivity index (χ4n) is 1.92. The van der Waals surface area contributed by atoms with Crippen molar-refractivity contribution in [1.82, 2.24) is 4.90 Å². The Hall–Kier alpha value is -1.26. The Bertz CT molecular complexity index is 452. The SMILES string of the molecule is CC(C)C1(O)CN(C(=O)COc2ccc(Cl)cc2)C1. The van der Waals surface area contributed by atoms with Crippen molar-refractivity contribution in [2.24, 2.45) is 5.92 Å². The van der Waals surface area contributed by atoms with Crippen molar-refractivity contribution in [2.45, 2.75) is 19.4 Å². The van der Waals surface area contributed by atoms with Gasteiger partial charge in [-0.05, 0) is 30.2 Å². The normalized spacial score (nSPS) is 17.2. The van der Waals surface area contributed by atoms with E-state index >= 15 is 0 Å². The second kappa shape index (κ2) is 5.39. The number of rotatable bonds is 4. The molecule has 0 unspecified atom stereocenters. The lowest BCUT2D eigenvalue weighted by Crippen LogP contribution is -2.66. The predicted octanol–water partition coefficient (Wildman–Crippen LogP) is 1.95. The highest BCUT2D eigenvalue weighted by Crippen LogP contribution is 2.28. The predicted molar refractivity (Wildman–Crippen MR) is 73.3 cm³/mol. The highest BCUT2D eigenvalue weighted by Gasteiger charge is 2.45. The Labute approximate surface area is 117 Å². The lowest BCUT2D eigenvalue weighted by molar-refractivity contribution is -0.165. The molecular formula is C14H18ClNO3. The van der Waals surface area contributed by atoms with Crippen LogP contribution in [0.1, 0.15) is 13.8 Å². The standard InChI is InChI=1S/C14H18ClNO3/c1-10(2)14(18)8-16(9-14)13(17)7-19-12-5-3-11(15)4-6-12/h3-6,10,18H,7-9H2,1-2H3. The van der Waals surface area contributed by atoms with E-state index in [1.54, 1.807) is 29.2 Å². The lowest BCUT2D eigenvalue weighted by Gasteiger charge is -2.48. The summed E-state index contributed by atoms with van der Waals surface area (Å²) in [7, 11) is 0. The molecule has 5 heteroatoms. The molecule has 104 valence electrons. The van der Waals surface area contributed by atoms with Crippen molar-refractivity contribution < 1.29 is 14.6 Å². The number of halogens is 1. The van der Waals surface area contributed by atoms with Gasteiger partial charge in [0, 0.05) is 5.02 Å². The number of aliphatic hydroxyl groups is 1. The molecule has 1 N–H and O–H groups in total. The molecule has 0 aliphatic carbocycles. The molecule has 19 heavy (non-hydrogen) atoms. The topological polar surface area (TPSA) is 49.8 Å². The molecule has 0 radical (unpaired) electrons. The summed E-state index contributed by atoms with van der Waals surface area (Å²) in [5.74, 6) is 0.645. The minimum absolute atomic E-state index is 0.0180. The van der Waals surface area contributed by atoms with E-state index in [0.29, 0.717) is 23.9 Å². The van der Waals surface area contributed by atoms with Gasteiger partial charge in [-0.1, -0.05) is 25.4 Å². The van der Waals surface area contributed by atoms with Crippen LogP contribution in [0.15, 0.2) is 24.3 Å². The van der Waals surface area contributed by atoms with Gasteiger partial charge in [0.15, 0.2) is 6.61 Å². The van der Waals surface area contributed by atoms with Crippen LogP contribution < -0.4 is 4.74 Å². The zero-order chi connectivity index (χ0) is 14.0. The number of carbonyl (C=O) groups is 1. The molecule has 2 rings (SSSR count). The Morgan fingerprint density at radius 2 is 2.00 bits per heavy atom. The first kappa shape index (κ1) is 14.2. The zero-order valence-electron chi connectivity index (χ0n) is 11.1. The molecule has 1 fully saturated rings. The number of amides is 1. The van der Waals surface area contributed by atoms with E-state index in [2.05, 4.69) is 0 Å². The molecule has 1 aliphatic rings. The van der Waals surface area contributed by atoms with Crippen molar-refractivity contribution in [1.29, 1.82) is 0 Å². The van der Waals surface area contributed by atoms with Crippen LogP contribution in [0.5, 0.6) is 5.75 Å². The number of β-amino-alcohol motifs (C(OH)–C–C–N with tert-alkyl or cyclic N) is 1. The first-order chi connectivity index (χ1) is 8.90. The molecule has 0 atom stereocenters. The van der Waals surface area contributed by atoms with Gasteiger partial charge in [0.05, 0.1) is 13.1 Å². The summed E-state index contributed by atoms with van der Waals surface area (Å²) in [5.41, 5.74) is -0.740. The second-order valence-corrected chi connectivity index (χ2v) is 5.69. The van der Waals surface area contributed by atoms with Gasteiger partial charge in [-0.25, -0.2) is 0 Å². The van der Waals surface area contributed by atoms with Gasteiger partial charge >= 0.3 is 0 Å². The Morgan fingerprint density at radius 1 is 1.42 bits per heavy atom. The van der Waals surface area contributed by atoms with Gasteiger partial charge in [0.25, 0.3) is 5.91 Å². The van der Waals surface area contributed by atoms with Crippen LogP contribution in [0, 0.1) is 5.92 Å². The first-order valence-electron chi connectivity index (χ1n) is 6.29. The molecule has 4 nitrogen and oxygen atoms in total. The van der Waals surface area contributed by atoms with Gasteiger partial charge < -0.3 is 14.7 Å². The molecular weight excluding hydrogens is 266 g/mol. The summed E-state index contributed by atoms with van der Waals surface area (Å²) < 4.78 is 5.38. The van der Waals surface area contributed by atoms with Crippen molar-refractivity contribution in [3.05, 3.63) is 29.3 Å². The Kier molecular flexibility index (Phi) is 4.02. The Balaban J connectivity index is 1.79. The number of nitrogens with zero attached hydrogens (tertiary/aromatic N) is 1. The van der Waals surface area contributed by atoms with Crippen LogP contribution in [-0.2, 0) is 4.79 Å². The fourth-order valence-corrected chi connectivity index (χ4v) is 2.05. The van der Waals surface area contributed by atoms with Crippen molar-refractivity contribution >= 4 is 17.5 Å². The molecule has 1 heterocycles. The molecule has 0 saturated carbocycles. The summed E-state index contributed by atoms with van der Waals surface area (Å²) in [5, 5.41) is 10.7. The quantitative estimate of drug-likeness (QED) is 0.919. The molecule has 0 aromatic heterocycles. The van der Waals surface area contributed by atoms with E-state index in [1.165, 1.54) is 0 Å². The third-order valence-corrected chi connectivity index (χ3v) is 3.78.